The Balaban J connectivity index is 1.64. The van der Waals surface area contributed by atoms with Crippen LogP contribution in [0.15, 0.2) is 85.1 Å². The van der Waals surface area contributed by atoms with Crippen molar-refractivity contribution in [2.45, 2.75) is 113 Å². The van der Waals surface area contributed by atoms with Gasteiger partial charge in [0, 0.05) is 48.5 Å². The second kappa shape index (κ2) is 29.3. The molecule has 1 aromatic heterocycles. The number of nitrogens with one attached hydrogen (secondary N) is 7. The molecule has 0 saturated heterocycles. The lowest BCUT2D eigenvalue weighted by Gasteiger charge is -2.34. The highest BCUT2D eigenvalue weighted by atomic mass is 32.1. The first-order valence-corrected chi connectivity index (χ1v) is 25.2. The van der Waals surface area contributed by atoms with E-state index in [4.69, 9.17) is 17.2 Å². The number of nitrogens with zero attached hydrogens (tertiary/aromatic N) is 1. The first kappa shape index (κ1) is 59.9. The number of carbonyl (C=O) groups is 8. The maximum atomic E-state index is 14.7. The number of nitrogens with two attached hydrogens (primary N) is 3. The van der Waals surface area contributed by atoms with Crippen LogP contribution in [-0.4, -0.2) is 158 Å². The van der Waals surface area contributed by atoms with Gasteiger partial charge in [0.15, 0.2) is 0 Å². The van der Waals surface area contributed by atoms with Gasteiger partial charge in [-0.25, -0.2) is 0 Å². The molecule has 0 aliphatic rings. The molecule has 4 aromatic rings. The summed E-state index contributed by atoms with van der Waals surface area (Å²) in [6.07, 6.45) is -0.633. The van der Waals surface area contributed by atoms with Gasteiger partial charge in [-0.3, -0.25) is 38.4 Å². The van der Waals surface area contributed by atoms with Gasteiger partial charge in [0.05, 0.1) is 18.2 Å². The van der Waals surface area contributed by atoms with Crippen molar-refractivity contribution < 1.29 is 53.7 Å². The molecule has 24 heteroatoms. The molecule has 3 aromatic carbocycles. The number of rotatable bonds is 29. The Morgan fingerprint density at radius 1 is 0.622 bits per heavy atom. The minimum Gasteiger partial charge on any atom is -0.508 e. The monoisotopic (exact) mass is 1060 g/mol. The van der Waals surface area contributed by atoms with Crippen LogP contribution in [0.4, 0.5) is 0 Å². The molecule has 0 fully saturated rings. The summed E-state index contributed by atoms with van der Waals surface area (Å²) in [7, 11) is 1.22. The highest BCUT2D eigenvalue weighted by molar-refractivity contribution is 7.80. The summed E-state index contributed by atoms with van der Waals surface area (Å²) in [5.74, 6) is -7.36. The number of likely N-dealkylation sites (N-methyl/N-ethyl adjacent to an activating group) is 1. The van der Waals surface area contributed by atoms with Crippen LogP contribution in [0.25, 0.3) is 10.9 Å². The largest absolute Gasteiger partial charge is 0.508 e. The number of amides is 8. The first-order chi connectivity index (χ1) is 35.2. The topological polar surface area (TPSA) is 367 Å². The fraction of sp³-hybridized carbons (Fsp3) is 0.440. The number of primary amides is 1. The van der Waals surface area contributed by atoms with E-state index in [0.29, 0.717) is 29.5 Å². The number of fused-ring (bicyclic) bond motifs is 1. The second-order valence-corrected chi connectivity index (χ2v) is 18.7. The molecule has 0 bridgehead atoms. The molecule has 74 heavy (non-hydrogen) atoms. The predicted molar refractivity (Wildman–Crippen MR) is 283 cm³/mol. The zero-order valence-corrected chi connectivity index (χ0v) is 43.2. The third-order valence-electron chi connectivity index (χ3n) is 12.1. The lowest BCUT2D eigenvalue weighted by molar-refractivity contribution is -0.146. The number of aromatic amines is 1. The maximum absolute atomic E-state index is 14.7. The van der Waals surface area contributed by atoms with Gasteiger partial charge in [0.25, 0.3) is 0 Å². The third kappa shape index (κ3) is 17.5. The third-order valence-corrected chi connectivity index (χ3v) is 12.9. The molecular formula is C50H69N11O11S2. The second-order valence-electron chi connectivity index (χ2n) is 17.9. The van der Waals surface area contributed by atoms with Gasteiger partial charge in [-0.05, 0) is 81.0 Å². The number of unbranched alkanes of at least 4 members (excludes halogenated alkanes) is 1. The Morgan fingerprint density at radius 3 is 1.70 bits per heavy atom. The summed E-state index contributed by atoms with van der Waals surface area (Å²) < 4.78 is 0. The smallest absolute Gasteiger partial charge is 0.246 e. The summed E-state index contributed by atoms with van der Waals surface area (Å²) in [5.41, 5.74) is 19.9. The van der Waals surface area contributed by atoms with Gasteiger partial charge in [-0.2, -0.15) is 25.3 Å². The van der Waals surface area contributed by atoms with Crippen LogP contribution < -0.4 is 49.1 Å². The molecule has 16 N–H and O–H groups in total. The predicted octanol–water partition coefficient (Wildman–Crippen LogP) is -1.80. The number of para-hydroxylation sites is 1. The SMILES string of the molecule is C[C@@H](O)[C@H](NC(=O)[C@H](CS)NC(=O)[C@H]([C@@H](C)O)N(C)C(=O)[C@H](CCCCN)NC(=O)[C@@H](Cc1c[nH]c2ccccc12)NC(=O)[C@H](Cc1ccccc1)NC(=O)[C@H](CS)NC(=O)[C@@H](N)Cc1ccc(O)cc1)C(N)=O. The molecule has 0 unspecified atom stereocenters. The zero-order valence-electron chi connectivity index (χ0n) is 41.4. The average Bonchev–Trinajstić information content (AvgIpc) is 3.78. The summed E-state index contributed by atoms with van der Waals surface area (Å²) in [5, 5.41) is 46.8. The van der Waals surface area contributed by atoms with Crippen molar-refractivity contribution >= 4 is 83.4 Å². The van der Waals surface area contributed by atoms with E-state index in [1.54, 1.807) is 54.7 Å². The number of hydrogen-bond acceptors (Lipinski definition) is 15. The van der Waals surface area contributed by atoms with Crippen molar-refractivity contribution in [3.05, 3.63) is 102 Å². The molecule has 8 amide bonds. The molecule has 0 radical (unpaired) electrons. The molecule has 0 saturated carbocycles. The van der Waals surface area contributed by atoms with Gasteiger partial charge in [-0.1, -0.05) is 60.7 Å². The van der Waals surface area contributed by atoms with E-state index in [1.807, 2.05) is 18.2 Å². The molecule has 0 aliphatic carbocycles. The average molecular weight is 1060 g/mol. The van der Waals surface area contributed by atoms with Crippen molar-refractivity contribution in [2.75, 3.05) is 25.1 Å². The number of thiol groups is 2. The van der Waals surface area contributed by atoms with Gasteiger partial charge in [0.2, 0.25) is 47.3 Å². The number of hydrogen-bond donors (Lipinski definition) is 15. The van der Waals surface area contributed by atoms with E-state index >= 15 is 0 Å². The van der Waals surface area contributed by atoms with Gasteiger partial charge >= 0.3 is 0 Å². The number of benzene rings is 3. The molecule has 1 heterocycles. The number of aliphatic hydroxyl groups is 2. The van der Waals surface area contributed by atoms with Crippen LogP contribution in [0.2, 0.25) is 0 Å². The van der Waals surface area contributed by atoms with Gasteiger partial charge < -0.3 is 74.3 Å². The molecule has 4 rings (SSSR count). The fourth-order valence-corrected chi connectivity index (χ4v) is 8.56. The van der Waals surface area contributed by atoms with Crippen molar-refractivity contribution in [2.24, 2.45) is 17.2 Å². The first-order valence-electron chi connectivity index (χ1n) is 24.0. The maximum Gasteiger partial charge on any atom is 0.246 e. The number of aliphatic hydroxyl groups excluding tert-OH is 2. The summed E-state index contributed by atoms with van der Waals surface area (Å²) in [4.78, 5) is 114. The Kier molecular flexibility index (Phi) is 23.7. The lowest BCUT2D eigenvalue weighted by atomic mass is 10.0. The van der Waals surface area contributed by atoms with Crippen molar-refractivity contribution in [1.82, 2.24) is 41.8 Å². The minimum atomic E-state index is -1.65. The van der Waals surface area contributed by atoms with Gasteiger partial charge in [-0.15, -0.1) is 0 Å². The Labute approximate surface area is 439 Å². The fourth-order valence-electron chi connectivity index (χ4n) is 8.04. The van der Waals surface area contributed by atoms with Crippen molar-refractivity contribution in [1.29, 1.82) is 0 Å². The molecular weight excluding hydrogens is 995 g/mol. The Morgan fingerprint density at radius 2 is 1.14 bits per heavy atom. The molecule has 0 spiro atoms. The number of carbonyl (C=O) groups excluding carboxylic acids is 8. The highest BCUT2D eigenvalue weighted by Gasteiger charge is 2.39. The van der Waals surface area contributed by atoms with E-state index in [-0.39, 0.29) is 49.5 Å². The molecule has 402 valence electrons. The van der Waals surface area contributed by atoms with Crippen LogP contribution in [-0.2, 0) is 57.6 Å². The summed E-state index contributed by atoms with van der Waals surface area (Å²) in [6.45, 7) is 2.70. The normalized spacial score (nSPS) is 15.3. The van der Waals surface area contributed by atoms with Crippen molar-refractivity contribution in [3.63, 3.8) is 0 Å². The van der Waals surface area contributed by atoms with Crippen LogP contribution in [0.1, 0.15) is 49.8 Å². The number of aromatic hydroxyl groups is 1. The van der Waals surface area contributed by atoms with E-state index in [2.05, 4.69) is 62.1 Å². The van der Waals surface area contributed by atoms with Crippen molar-refractivity contribution in [3.8, 4) is 5.75 Å². The zero-order chi connectivity index (χ0) is 54.6. The van der Waals surface area contributed by atoms with Crippen LogP contribution in [0, 0.1) is 0 Å². The number of phenols is 1. The number of aromatic nitrogens is 1. The van der Waals surface area contributed by atoms with Crippen LogP contribution in [0.3, 0.4) is 0 Å². The van der Waals surface area contributed by atoms with Gasteiger partial charge in [0.1, 0.15) is 48.0 Å². The van der Waals surface area contributed by atoms with Crippen LogP contribution >= 0.6 is 25.3 Å². The highest BCUT2D eigenvalue weighted by Crippen LogP contribution is 2.20. The molecule has 0 aliphatic heterocycles. The molecule has 10 atom stereocenters. The standard InChI is InChI=1S/C50H69N11O11S2/c1-27(62)41(43(53)65)60-48(70)40(26-74)59-49(71)42(28(2)63)61(3)50(72)36(15-9-10-20-51)55-46(68)38(23-31-24-54-35-14-8-7-13-33(31)35)57-45(67)37(22-29-11-5-4-6-12-29)56-47(69)39(25-73)58-44(66)34(52)21-30-16-18-32(64)19-17-30/h4-8,11-14,16-19,24,27-28,34,36-42,54,62-64,73-74H,9-10,15,20-23,25-26,51-52H2,1-3H3,(H2,53,65)(H,55,68)(H,56,69)(H,57,67)(H,58,66)(H,59,71)(H,60,70)/t27-,28-,34+,36+,37+,38-,39+,40+,41+,42+/m1/s1. The van der Waals surface area contributed by atoms with Crippen LogP contribution in [0.5, 0.6) is 5.75 Å². The van der Waals surface area contributed by atoms with E-state index in [1.165, 1.54) is 33.0 Å². The Bertz CT molecular complexity index is 2530. The minimum absolute atomic E-state index is 0.00828. The number of H-pyrrole nitrogens is 1. The van der Waals surface area contributed by atoms with E-state index < -0.39 is 108 Å². The van der Waals surface area contributed by atoms with E-state index in [9.17, 15) is 53.7 Å². The summed E-state index contributed by atoms with van der Waals surface area (Å²) >= 11 is 8.45. The Hall–Kier alpha value is -6.70. The van der Waals surface area contributed by atoms with E-state index in [0.717, 1.165) is 15.8 Å². The summed E-state index contributed by atoms with van der Waals surface area (Å²) in [6, 6.07) is 11.0. The number of phenolic OH excluding ortho intramolecular Hbond substituents is 1. The lowest BCUT2D eigenvalue weighted by Crippen LogP contribution is -2.62. The quantitative estimate of drug-likeness (QED) is 0.0211. The molecule has 22 nitrogen and oxygen atoms in total.